The van der Waals surface area contributed by atoms with Gasteiger partial charge in [-0.1, -0.05) is 0 Å². The number of amides is 1. The number of nitrogens with zero attached hydrogens (tertiary/aromatic N) is 1. The molecule has 1 unspecified atom stereocenters. The second kappa shape index (κ2) is 3.62. The Kier molecular flexibility index (Phi) is 2.72. The summed E-state index contributed by atoms with van der Waals surface area (Å²) < 4.78 is 0. The quantitative estimate of drug-likeness (QED) is 0.662. The number of nitrogens with one attached hydrogen (secondary N) is 2. The zero-order valence-corrected chi connectivity index (χ0v) is 7.89. The number of fused-ring (bicyclic) bond motifs is 1. The maximum absolute atomic E-state index is 11.2. The van der Waals surface area contributed by atoms with E-state index in [1.807, 2.05) is 6.92 Å². The second-order valence-electron chi connectivity index (χ2n) is 2.78. The van der Waals surface area contributed by atoms with Crippen molar-refractivity contribution < 1.29 is 4.79 Å². The third-order valence-electron chi connectivity index (χ3n) is 1.84. The average Bonchev–Trinajstić information content (AvgIpc) is 2.07. The Morgan fingerprint density at radius 3 is 3.00 bits per heavy atom. The van der Waals surface area contributed by atoms with Gasteiger partial charge in [-0.3, -0.25) is 9.78 Å². The van der Waals surface area contributed by atoms with Gasteiger partial charge in [0.2, 0.25) is 5.91 Å². The number of carbonyl (C=O) groups excluding carboxylic acids is 1. The van der Waals surface area contributed by atoms with Gasteiger partial charge in [-0.25, -0.2) is 0 Å². The minimum absolute atomic E-state index is 0. The molecule has 0 saturated carbocycles. The van der Waals surface area contributed by atoms with E-state index in [0.717, 1.165) is 11.4 Å². The highest BCUT2D eigenvalue weighted by atomic mass is 35.5. The van der Waals surface area contributed by atoms with E-state index in [-0.39, 0.29) is 24.4 Å². The van der Waals surface area contributed by atoms with Gasteiger partial charge in [0.15, 0.2) is 0 Å². The van der Waals surface area contributed by atoms with Crippen LogP contribution in [0, 0.1) is 0 Å². The fourth-order valence-electron chi connectivity index (χ4n) is 1.16. The molecule has 0 radical (unpaired) electrons. The SMILES string of the molecule is CC1Nc2cnccc2NC1=O.Cl. The molecule has 2 N–H and O–H groups in total. The summed E-state index contributed by atoms with van der Waals surface area (Å²) in [5, 5.41) is 5.80. The van der Waals surface area contributed by atoms with Crippen molar-refractivity contribution in [1.29, 1.82) is 0 Å². The van der Waals surface area contributed by atoms with Gasteiger partial charge in [0.25, 0.3) is 0 Å². The summed E-state index contributed by atoms with van der Waals surface area (Å²) in [5.74, 6) is -0.00583. The van der Waals surface area contributed by atoms with Crippen LogP contribution in [-0.4, -0.2) is 16.9 Å². The molecule has 1 aromatic rings. The van der Waals surface area contributed by atoms with Gasteiger partial charge in [0.1, 0.15) is 6.04 Å². The molecule has 0 saturated heterocycles. The van der Waals surface area contributed by atoms with Gasteiger partial charge in [0, 0.05) is 6.20 Å². The van der Waals surface area contributed by atoms with Crippen molar-refractivity contribution in [3.05, 3.63) is 18.5 Å². The van der Waals surface area contributed by atoms with Gasteiger partial charge in [0.05, 0.1) is 17.6 Å². The van der Waals surface area contributed by atoms with Crippen LogP contribution in [0.15, 0.2) is 18.5 Å². The van der Waals surface area contributed by atoms with Crippen LogP contribution < -0.4 is 10.6 Å². The van der Waals surface area contributed by atoms with Crippen molar-refractivity contribution in [3.8, 4) is 0 Å². The Morgan fingerprint density at radius 1 is 1.46 bits per heavy atom. The van der Waals surface area contributed by atoms with E-state index in [0.29, 0.717) is 0 Å². The minimum Gasteiger partial charge on any atom is -0.371 e. The number of anilines is 2. The summed E-state index contributed by atoms with van der Waals surface area (Å²) in [6, 6.07) is 1.59. The van der Waals surface area contributed by atoms with Crippen molar-refractivity contribution in [1.82, 2.24) is 4.98 Å². The van der Waals surface area contributed by atoms with E-state index in [9.17, 15) is 4.79 Å². The molecular formula is C8H10ClN3O. The lowest BCUT2D eigenvalue weighted by atomic mass is 10.2. The molecule has 1 aliphatic heterocycles. The van der Waals surface area contributed by atoms with Crippen molar-refractivity contribution in [2.75, 3.05) is 10.6 Å². The fraction of sp³-hybridized carbons (Fsp3) is 0.250. The summed E-state index contributed by atoms with van der Waals surface area (Å²) in [6.07, 6.45) is 3.35. The van der Waals surface area contributed by atoms with Crippen molar-refractivity contribution in [3.63, 3.8) is 0 Å². The fourth-order valence-corrected chi connectivity index (χ4v) is 1.16. The van der Waals surface area contributed by atoms with Crippen LogP contribution >= 0.6 is 12.4 Å². The molecule has 1 aromatic heterocycles. The lowest BCUT2D eigenvalue weighted by Gasteiger charge is -2.23. The molecule has 1 aliphatic rings. The second-order valence-corrected chi connectivity index (χ2v) is 2.78. The predicted molar refractivity (Wildman–Crippen MR) is 53.2 cm³/mol. The standard InChI is InChI=1S/C8H9N3O.ClH/c1-5-8(12)11-6-2-3-9-4-7(6)10-5;/h2-5,10H,1H3,(H,11,12);1H. The Hall–Kier alpha value is -1.29. The molecule has 4 nitrogen and oxygen atoms in total. The lowest BCUT2D eigenvalue weighted by Crippen LogP contribution is -2.36. The van der Waals surface area contributed by atoms with Crippen LogP contribution in [0.5, 0.6) is 0 Å². The number of carbonyl (C=O) groups is 1. The Morgan fingerprint density at radius 2 is 2.23 bits per heavy atom. The van der Waals surface area contributed by atoms with E-state index < -0.39 is 0 Å². The van der Waals surface area contributed by atoms with Gasteiger partial charge in [-0.2, -0.15) is 0 Å². The summed E-state index contributed by atoms with van der Waals surface area (Å²) >= 11 is 0. The first-order valence-electron chi connectivity index (χ1n) is 3.79. The van der Waals surface area contributed by atoms with Crippen LogP contribution in [-0.2, 0) is 4.79 Å². The normalized spacial score (nSPS) is 19.2. The van der Waals surface area contributed by atoms with Crippen molar-refractivity contribution in [2.24, 2.45) is 0 Å². The molecule has 13 heavy (non-hydrogen) atoms. The van der Waals surface area contributed by atoms with Crippen LogP contribution in [0.1, 0.15) is 6.92 Å². The van der Waals surface area contributed by atoms with E-state index in [4.69, 9.17) is 0 Å². The number of hydrogen-bond acceptors (Lipinski definition) is 3. The largest absolute Gasteiger partial charge is 0.371 e. The number of hydrogen-bond donors (Lipinski definition) is 2. The lowest BCUT2D eigenvalue weighted by molar-refractivity contribution is -0.116. The highest BCUT2D eigenvalue weighted by Crippen LogP contribution is 2.24. The van der Waals surface area contributed by atoms with E-state index >= 15 is 0 Å². The first kappa shape index (κ1) is 9.80. The maximum atomic E-state index is 11.2. The third-order valence-corrected chi connectivity index (χ3v) is 1.84. The molecule has 1 atom stereocenters. The van der Waals surface area contributed by atoms with Gasteiger partial charge >= 0.3 is 0 Å². The summed E-state index contributed by atoms with van der Waals surface area (Å²) in [6.45, 7) is 1.81. The Balaban J connectivity index is 0.000000845. The monoisotopic (exact) mass is 199 g/mol. The summed E-state index contributed by atoms with van der Waals surface area (Å²) in [4.78, 5) is 15.1. The van der Waals surface area contributed by atoms with Crippen LogP contribution in [0.4, 0.5) is 11.4 Å². The summed E-state index contributed by atoms with van der Waals surface area (Å²) in [7, 11) is 0. The molecular weight excluding hydrogens is 190 g/mol. The molecule has 0 fully saturated rings. The molecule has 0 aromatic carbocycles. The smallest absolute Gasteiger partial charge is 0.246 e. The Bertz CT molecular complexity index is 329. The number of rotatable bonds is 0. The first-order valence-corrected chi connectivity index (χ1v) is 3.79. The van der Waals surface area contributed by atoms with Crippen LogP contribution in [0.3, 0.4) is 0 Å². The van der Waals surface area contributed by atoms with Crippen LogP contribution in [0.25, 0.3) is 0 Å². The van der Waals surface area contributed by atoms with E-state index in [1.54, 1.807) is 18.5 Å². The molecule has 2 rings (SSSR count). The molecule has 1 amide bonds. The zero-order valence-electron chi connectivity index (χ0n) is 7.07. The molecule has 70 valence electrons. The molecule has 0 aliphatic carbocycles. The molecule has 0 bridgehead atoms. The van der Waals surface area contributed by atoms with Gasteiger partial charge in [-0.05, 0) is 13.0 Å². The van der Waals surface area contributed by atoms with E-state index in [1.165, 1.54) is 0 Å². The molecule has 5 heteroatoms. The predicted octanol–water partition coefficient (Wildman–Crippen LogP) is 1.26. The minimum atomic E-state index is -0.179. The highest BCUT2D eigenvalue weighted by Gasteiger charge is 2.20. The number of pyridine rings is 1. The maximum Gasteiger partial charge on any atom is 0.246 e. The summed E-state index contributed by atoms with van der Waals surface area (Å²) in [5.41, 5.74) is 1.68. The highest BCUT2D eigenvalue weighted by molar-refractivity contribution is 6.02. The van der Waals surface area contributed by atoms with Crippen LogP contribution in [0.2, 0.25) is 0 Å². The molecule has 0 spiro atoms. The van der Waals surface area contributed by atoms with E-state index in [2.05, 4.69) is 15.6 Å². The first-order chi connectivity index (χ1) is 5.77. The van der Waals surface area contributed by atoms with Gasteiger partial charge in [-0.15, -0.1) is 12.4 Å². The van der Waals surface area contributed by atoms with Crippen molar-refractivity contribution >= 4 is 29.7 Å². The number of aromatic nitrogens is 1. The zero-order chi connectivity index (χ0) is 8.55. The average molecular weight is 200 g/mol. The third kappa shape index (κ3) is 1.72. The number of halogens is 1. The van der Waals surface area contributed by atoms with Gasteiger partial charge < -0.3 is 10.6 Å². The Labute approximate surface area is 82.2 Å². The molecule has 2 heterocycles. The van der Waals surface area contributed by atoms with Crippen molar-refractivity contribution in [2.45, 2.75) is 13.0 Å². The topological polar surface area (TPSA) is 54.0 Å².